The lowest BCUT2D eigenvalue weighted by Gasteiger charge is -2.40. The Bertz CT molecular complexity index is 1480. The Kier molecular flexibility index (Phi) is 9.06. The molecule has 3 fully saturated rings. The summed E-state index contributed by atoms with van der Waals surface area (Å²) in [5, 5.41) is 5.65. The zero-order valence-electron chi connectivity index (χ0n) is 25.6. The molecule has 2 aliphatic heterocycles. The Balaban J connectivity index is 1.16. The molecule has 1 aromatic heterocycles. The Morgan fingerprint density at radius 3 is 2.09 bits per heavy atom. The summed E-state index contributed by atoms with van der Waals surface area (Å²) < 4.78 is 1.88. The molecule has 2 amide bonds. The number of hydrogen-bond acceptors (Lipinski definition) is 7. The minimum absolute atomic E-state index is 0.0277. The normalized spacial score (nSPS) is 21.4. The summed E-state index contributed by atoms with van der Waals surface area (Å²) in [5.41, 5.74) is 3.43. The van der Waals surface area contributed by atoms with E-state index in [1.165, 1.54) is 19.3 Å². The van der Waals surface area contributed by atoms with Gasteiger partial charge in [-0.3, -0.25) is 14.6 Å². The number of rotatable bonds is 5. The fraction of sp³-hybridized carbons (Fsp3) is 0.515. The SMILES string of the molecule is CN1CCN(C(=O)c2ccc(C3CN(C)CCN3C(=O)c3ccc(-c4nn(C)c(=NC5CCCCC5)s4)cc3)cc2)CC1. The molecule has 1 aliphatic carbocycles. The number of hydrogen-bond donors (Lipinski definition) is 0. The Morgan fingerprint density at radius 1 is 0.767 bits per heavy atom. The third kappa shape index (κ3) is 6.76. The largest absolute Gasteiger partial charge is 0.336 e. The van der Waals surface area contributed by atoms with Crippen LogP contribution in [-0.2, 0) is 7.05 Å². The number of benzene rings is 2. The van der Waals surface area contributed by atoms with Crippen molar-refractivity contribution in [2.24, 2.45) is 12.0 Å². The first-order valence-electron chi connectivity index (χ1n) is 15.6. The summed E-state index contributed by atoms with van der Waals surface area (Å²) in [6.45, 7) is 5.53. The van der Waals surface area contributed by atoms with Crippen molar-refractivity contribution < 1.29 is 9.59 Å². The predicted molar refractivity (Wildman–Crippen MR) is 170 cm³/mol. The molecule has 0 bridgehead atoms. The predicted octanol–water partition coefficient (Wildman–Crippen LogP) is 3.90. The van der Waals surface area contributed by atoms with Crippen LogP contribution < -0.4 is 4.80 Å². The van der Waals surface area contributed by atoms with Crippen LogP contribution in [0.25, 0.3) is 10.6 Å². The molecule has 2 aromatic carbocycles. The molecule has 1 saturated carbocycles. The van der Waals surface area contributed by atoms with Gasteiger partial charge in [0.2, 0.25) is 4.80 Å². The van der Waals surface area contributed by atoms with Crippen LogP contribution in [0.3, 0.4) is 0 Å². The number of likely N-dealkylation sites (N-methyl/N-ethyl adjacent to an activating group) is 2. The van der Waals surface area contributed by atoms with Crippen molar-refractivity contribution in [3.05, 3.63) is 70.0 Å². The van der Waals surface area contributed by atoms with Gasteiger partial charge in [-0.1, -0.05) is 54.9 Å². The van der Waals surface area contributed by atoms with E-state index < -0.39 is 0 Å². The van der Waals surface area contributed by atoms with E-state index in [1.807, 2.05) is 70.1 Å². The van der Waals surface area contributed by atoms with Gasteiger partial charge in [-0.05, 0) is 56.8 Å². The first-order valence-corrected chi connectivity index (χ1v) is 16.4. The second-order valence-corrected chi connectivity index (χ2v) is 13.3. The highest BCUT2D eigenvalue weighted by molar-refractivity contribution is 7.12. The highest BCUT2D eigenvalue weighted by Crippen LogP contribution is 2.29. The van der Waals surface area contributed by atoms with Gasteiger partial charge >= 0.3 is 0 Å². The van der Waals surface area contributed by atoms with E-state index in [0.717, 1.165) is 73.0 Å². The molecular formula is C33H43N7O2S. The fourth-order valence-corrected chi connectivity index (χ4v) is 7.32. The average Bonchev–Trinajstić information content (AvgIpc) is 3.41. The van der Waals surface area contributed by atoms with E-state index in [2.05, 4.69) is 23.9 Å². The van der Waals surface area contributed by atoms with Crippen molar-refractivity contribution in [3.8, 4) is 10.6 Å². The molecule has 43 heavy (non-hydrogen) atoms. The molecule has 9 nitrogen and oxygen atoms in total. The van der Waals surface area contributed by atoms with Crippen LogP contribution in [-0.4, -0.2) is 107 Å². The Morgan fingerprint density at radius 2 is 1.40 bits per heavy atom. The van der Waals surface area contributed by atoms with Crippen LogP contribution in [0.4, 0.5) is 0 Å². The Hall–Kier alpha value is -3.34. The number of carbonyl (C=O) groups is 2. The smallest absolute Gasteiger partial charge is 0.254 e. The molecule has 2 saturated heterocycles. The minimum atomic E-state index is -0.0827. The monoisotopic (exact) mass is 601 g/mol. The molecule has 0 radical (unpaired) electrons. The number of carbonyl (C=O) groups excluding carboxylic acids is 2. The summed E-state index contributed by atoms with van der Waals surface area (Å²) in [4.78, 5) is 41.3. The second kappa shape index (κ2) is 13.1. The van der Waals surface area contributed by atoms with E-state index in [0.29, 0.717) is 23.7 Å². The van der Waals surface area contributed by atoms with Crippen molar-refractivity contribution in [1.82, 2.24) is 29.4 Å². The summed E-state index contributed by atoms with van der Waals surface area (Å²) in [6.07, 6.45) is 6.16. The third-order valence-electron chi connectivity index (χ3n) is 9.13. The molecule has 1 atom stereocenters. The number of amides is 2. The second-order valence-electron chi connectivity index (χ2n) is 12.3. The molecule has 3 heterocycles. The van der Waals surface area contributed by atoms with Gasteiger partial charge in [-0.25, -0.2) is 4.68 Å². The minimum Gasteiger partial charge on any atom is -0.336 e. The van der Waals surface area contributed by atoms with Crippen LogP contribution in [0.5, 0.6) is 0 Å². The first-order chi connectivity index (χ1) is 20.9. The van der Waals surface area contributed by atoms with Crippen molar-refractivity contribution in [2.45, 2.75) is 44.2 Å². The molecule has 6 rings (SSSR count). The summed E-state index contributed by atoms with van der Waals surface area (Å²) in [6, 6.07) is 16.0. The van der Waals surface area contributed by atoms with Crippen molar-refractivity contribution in [1.29, 1.82) is 0 Å². The van der Waals surface area contributed by atoms with E-state index in [9.17, 15) is 9.59 Å². The van der Waals surface area contributed by atoms with Gasteiger partial charge in [-0.15, -0.1) is 0 Å². The lowest BCUT2D eigenvalue weighted by molar-refractivity contribution is 0.0497. The zero-order chi connectivity index (χ0) is 29.9. The van der Waals surface area contributed by atoms with E-state index in [-0.39, 0.29) is 17.9 Å². The maximum atomic E-state index is 13.8. The lowest BCUT2D eigenvalue weighted by atomic mass is 9.96. The maximum absolute atomic E-state index is 13.8. The molecule has 228 valence electrons. The zero-order valence-corrected chi connectivity index (χ0v) is 26.4. The topological polar surface area (TPSA) is 77.3 Å². The van der Waals surface area contributed by atoms with Crippen molar-refractivity contribution in [2.75, 3.05) is 59.9 Å². The van der Waals surface area contributed by atoms with Crippen LogP contribution >= 0.6 is 11.3 Å². The van der Waals surface area contributed by atoms with Gasteiger partial charge in [0.15, 0.2) is 0 Å². The molecule has 3 aliphatic rings. The molecule has 10 heteroatoms. The molecular weight excluding hydrogens is 558 g/mol. The molecule has 0 spiro atoms. The average molecular weight is 602 g/mol. The number of aromatic nitrogens is 2. The van der Waals surface area contributed by atoms with Gasteiger partial charge in [0, 0.05) is 69.6 Å². The van der Waals surface area contributed by atoms with E-state index in [4.69, 9.17) is 10.1 Å². The number of nitrogens with zero attached hydrogens (tertiary/aromatic N) is 7. The van der Waals surface area contributed by atoms with Crippen LogP contribution in [0.2, 0.25) is 0 Å². The van der Waals surface area contributed by atoms with E-state index >= 15 is 0 Å². The molecule has 3 aromatic rings. The van der Waals surface area contributed by atoms with Gasteiger partial charge in [0.05, 0.1) is 12.1 Å². The molecule has 1 unspecified atom stereocenters. The summed E-state index contributed by atoms with van der Waals surface area (Å²) >= 11 is 1.61. The van der Waals surface area contributed by atoms with Gasteiger partial charge in [0.25, 0.3) is 11.8 Å². The van der Waals surface area contributed by atoms with Crippen molar-refractivity contribution >= 4 is 23.2 Å². The summed E-state index contributed by atoms with van der Waals surface area (Å²) in [5.74, 6) is 0.108. The van der Waals surface area contributed by atoms with Crippen LogP contribution in [0.1, 0.15) is 64.4 Å². The van der Waals surface area contributed by atoms with E-state index in [1.54, 1.807) is 11.3 Å². The van der Waals surface area contributed by atoms with Gasteiger partial charge in [0.1, 0.15) is 5.01 Å². The highest BCUT2D eigenvalue weighted by atomic mass is 32.1. The third-order valence-corrected chi connectivity index (χ3v) is 10.2. The fourth-order valence-electron chi connectivity index (χ4n) is 6.35. The first kappa shape index (κ1) is 29.7. The highest BCUT2D eigenvalue weighted by Gasteiger charge is 2.31. The number of piperazine rings is 2. The summed E-state index contributed by atoms with van der Waals surface area (Å²) in [7, 11) is 6.14. The van der Waals surface area contributed by atoms with Gasteiger partial charge in [-0.2, -0.15) is 5.10 Å². The lowest BCUT2D eigenvalue weighted by Crippen LogP contribution is -2.49. The molecule has 0 N–H and O–H groups in total. The van der Waals surface area contributed by atoms with Gasteiger partial charge < -0.3 is 19.6 Å². The maximum Gasteiger partial charge on any atom is 0.254 e. The van der Waals surface area contributed by atoms with Crippen LogP contribution in [0.15, 0.2) is 53.5 Å². The quantitative estimate of drug-likeness (QED) is 0.444. The van der Waals surface area contributed by atoms with Crippen molar-refractivity contribution in [3.63, 3.8) is 0 Å². The standard InChI is InChI=1S/C33H43N7O2S/c1-36-17-20-39(21-18-36)31(41)26-13-9-24(10-14-26)29-23-37(2)19-22-40(29)32(42)27-15-11-25(12-16-27)30-35-38(3)33(43-30)34-28-7-5-4-6-8-28/h9-16,28-29H,4-8,17-23H2,1-3H3. The van der Waals surface area contributed by atoms with Crippen LogP contribution in [0, 0.1) is 0 Å². The number of aryl methyl sites for hydroxylation is 1. The Labute approximate surface area is 258 Å².